The number of halogens is 2. The first-order valence-electron chi connectivity index (χ1n) is 6.69. The van der Waals surface area contributed by atoms with Crippen molar-refractivity contribution in [2.24, 2.45) is 0 Å². The van der Waals surface area contributed by atoms with Gasteiger partial charge in [-0.1, -0.05) is 5.16 Å². The van der Waals surface area contributed by atoms with Crippen LogP contribution in [0, 0.1) is 19.7 Å². The molecule has 6 heteroatoms. The second kappa shape index (κ2) is 5.15. The first-order valence-corrected chi connectivity index (χ1v) is 7.12. The van der Waals surface area contributed by atoms with Crippen molar-refractivity contribution in [3.8, 4) is 0 Å². The zero-order valence-corrected chi connectivity index (χ0v) is 12.8. The first-order chi connectivity index (χ1) is 9.97. The molecule has 0 spiro atoms. The van der Waals surface area contributed by atoms with Crippen LogP contribution < -0.4 is 0 Å². The molecule has 2 aromatic heterocycles. The predicted octanol–water partition coefficient (Wildman–Crippen LogP) is 4.13. The van der Waals surface area contributed by atoms with Crippen LogP contribution in [-0.4, -0.2) is 14.7 Å². The van der Waals surface area contributed by atoms with Gasteiger partial charge in [-0.2, -0.15) is 0 Å². The normalized spacial score (nSPS) is 13.0. The highest BCUT2D eigenvalue weighted by Crippen LogP contribution is 2.27. The Morgan fingerprint density at radius 1 is 1.38 bits per heavy atom. The van der Waals surface area contributed by atoms with Crippen LogP contribution in [0.15, 0.2) is 22.7 Å². The molecule has 0 saturated carbocycles. The topological polar surface area (TPSA) is 43.9 Å². The number of aryl methyl sites for hydroxylation is 2. The molecule has 0 saturated heterocycles. The van der Waals surface area contributed by atoms with Crippen LogP contribution in [0.25, 0.3) is 11.0 Å². The van der Waals surface area contributed by atoms with Gasteiger partial charge in [-0.05, 0) is 32.9 Å². The van der Waals surface area contributed by atoms with E-state index in [0.29, 0.717) is 17.9 Å². The van der Waals surface area contributed by atoms with Crippen LogP contribution in [0.5, 0.6) is 0 Å². The van der Waals surface area contributed by atoms with Gasteiger partial charge in [0.05, 0.1) is 28.6 Å². The number of fused-ring (bicyclic) bond motifs is 1. The van der Waals surface area contributed by atoms with Crippen LogP contribution in [0.1, 0.15) is 35.1 Å². The van der Waals surface area contributed by atoms with Crippen molar-refractivity contribution >= 4 is 22.6 Å². The zero-order chi connectivity index (χ0) is 15.1. The summed E-state index contributed by atoms with van der Waals surface area (Å²) in [5.41, 5.74) is 3.28. The molecule has 1 unspecified atom stereocenters. The molecule has 0 aliphatic heterocycles. The summed E-state index contributed by atoms with van der Waals surface area (Å²) < 4.78 is 20.6. The largest absolute Gasteiger partial charge is 0.361 e. The number of aromatic nitrogens is 3. The van der Waals surface area contributed by atoms with Crippen molar-refractivity contribution in [3.63, 3.8) is 0 Å². The van der Waals surface area contributed by atoms with E-state index in [-0.39, 0.29) is 11.2 Å². The third-order valence-electron chi connectivity index (χ3n) is 3.59. The second-order valence-corrected chi connectivity index (χ2v) is 5.76. The SMILES string of the molecule is Cc1noc(C)c1Cn1c(C(C)Cl)nc2cc(F)ccc21. The molecule has 21 heavy (non-hydrogen) atoms. The van der Waals surface area contributed by atoms with E-state index < -0.39 is 0 Å². The van der Waals surface area contributed by atoms with Crippen LogP contribution in [-0.2, 0) is 6.54 Å². The molecule has 0 aliphatic carbocycles. The van der Waals surface area contributed by atoms with Crippen LogP contribution in [0.4, 0.5) is 4.39 Å². The molecule has 0 bridgehead atoms. The average molecular weight is 308 g/mol. The number of hydrogen-bond acceptors (Lipinski definition) is 3. The molecular formula is C15H15ClFN3O. The molecule has 2 heterocycles. The van der Waals surface area contributed by atoms with Gasteiger partial charge in [0, 0.05) is 11.6 Å². The molecule has 0 radical (unpaired) electrons. The Bertz CT molecular complexity index is 787. The minimum absolute atomic E-state index is 0.277. The van der Waals surface area contributed by atoms with E-state index in [2.05, 4.69) is 10.1 Å². The van der Waals surface area contributed by atoms with E-state index in [9.17, 15) is 4.39 Å². The van der Waals surface area contributed by atoms with Gasteiger partial charge < -0.3 is 9.09 Å². The van der Waals surface area contributed by atoms with Gasteiger partial charge in [0.15, 0.2) is 0 Å². The number of rotatable bonds is 3. The highest BCUT2D eigenvalue weighted by molar-refractivity contribution is 6.20. The fraction of sp³-hybridized carbons (Fsp3) is 0.333. The molecule has 0 fully saturated rings. The molecule has 1 aromatic carbocycles. The summed E-state index contributed by atoms with van der Waals surface area (Å²) in [4.78, 5) is 4.45. The lowest BCUT2D eigenvalue weighted by Gasteiger charge is -2.10. The van der Waals surface area contributed by atoms with Crippen molar-refractivity contribution in [3.05, 3.63) is 46.9 Å². The van der Waals surface area contributed by atoms with Gasteiger partial charge in [0.2, 0.25) is 0 Å². The monoisotopic (exact) mass is 307 g/mol. The summed E-state index contributed by atoms with van der Waals surface area (Å²) in [6.07, 6.45) is 0. The van der Waals surface area contributed by atoms with E-state index in [1.54, 1.807) is 6.07 Å². The first kappa shape index (κ1) is 14.1. The lowest BCUT2D eigenvalue weighted by molar-refractivity contribution is 0.392. The standard InChI is InChI=1S/C15H15ClFN3O/c1-8(16)15-18-13-6-11(17)4-5-14(13)20(15)7-12-9(2)19-21-10(12)3/h4-6,8H,7H2,1-3H3. The summed E-state index contributed by atoms with van der Waals surface area (Å²) in [6, 6.07) is 4.57. The number of benzene rings is 1. The van der Waals surface area contributed by atoms with E-state index in [4.69, 9.17) is 16.1 Å². The van der Waals surface area contributed by atoms with Gasteiger partial charge in [-0.25, -0.2) is 9.37 Å². The van der Waals surface area contributed by atoms with E-state index in [0.717, 1.165) is 22.5 Å². The maximum absolute atomic E-state index is 13.4. The third-order valence-corrected chi connectivity index (χ3v) is 3.79. The Morgan fingerprint density at radius 3 is 2.76 bits per heavy atom. The van der Waals surface area contributed by atoms with Gasteiger partial charge in [-0.3, -0.25) is 0 Å². The summed E-state index contributed by atoms with van der Waals surface area (Å²) in [5, 5.41) is 3.69. The zero-order valence-electron chi connectivity index (χ0n) is 12.0. The van der Waals surface area contributed by atoms with Crippen molar-refractivity contribution in [2.75, 3.05) is 0 Å². The Balaban J connectivity index is 2.18. The molecule has 0 amide bonds. The maximum Gasteiger partial charge on any atom is 0.138 e. The fourth-order valence-corrected chi connectivity index (χ4v) is 2.64. The van der Waals surface area contributed by atoms with E-state index in [1.807, 2.05) is 25.3 Å². The molecule has 4 nitrogen and oxygen atoms in total. The quantitative estimate of drug-likeness (QED) is 0.683. The minimum atomic E-state index is -0.307. The summed E-state index contributed by atoms with van der Waals surface area (Å²) in [6.45, 7) is 6.17. The number of imidazole rings is 1. The van der Waals surface area contributed by atoms with Gasteiger partial charge in [0.1, 0.15) is 17.4 Å². The third kappa shape index (κ3) is 2.42. The minimum Gasteiger partial charge on any atom is -0.361 e. The second-order valence-electron chi connectivity index (χ2n) is 5.11. The molecule has 1 atom stereocenters. The molecule has 3 aromatic rings. The average Bonchev–Trinajstić information content (AvgIpc) is 2.94. The molecule has 110 valence electrons. The van der Waals surface area contributed by atoms with Crippen molar-refractivity contribution in [1.29, 1.82) is 0 Å². The highest BCUT2D eigenvalue weighted by Gasteiger charge is 2.18. The Kier molecular flexibility index (Phi) is 3.45. The van der Waals surface area contributed by atoms with Crippen LogP contribution >= 0.6 is 11.6 Å². The Hall–Kier alpha value is -1.88. The van der Waals surface area contributed by atoms with Gasteiger partial charge >= 0.3 is 0 Å². The lowest BCUT2D eigenvalue weighted by atomic mass is 10.2. The molecule has 0 N–H and O–H groups in total. The van der Waals surface area contributed by atoms with Crippen molar-refractivity contribution in [1.82, 2.24) is 14.7 Å². The lowest BCUT2D eigenvalue weighted by Crippen LogP contribution is -2.07. The molecule has 3 rings (SSSR count). The van der Waals surface area contributed by atoms with E-state index in [1.165, 1.54) is 12.1 Å². The van der Waals surface area contributed by atoms with Crippen molar-refractivity contribution < 1.29 is 8.91 Å². The highest BCUT2D eigenvalue weighted by atomic mass is 35.5. The van der Waals surface area contributed by atoms with E-state index >= 15 is 0 Å². The molecular weight excluding hydrogens is 293 g/mol. The Labute approximate surface area is 126 Å². The smallest absolute Gasteiger partial charge is 0.138 e. The number of nitrogens with zero attached hydrogens (tertiary/aromatic N) is 3. The maximum atomic E-state index is 13.4. The van der Waals surface area contributed by atoms with Crippen LogP contribution in [0.3, 0.4) is 0 Å². The fourth-order valence-electron chi connectivity index (χ4n) is 2.48. The Morgan fingerprint density at radius 2 is 2.14 bits per heavy atom. The van der Waals surface area contributed by atoms with Gasteiger partial charge in [0.25, 0.3) is 0 Å². The summed E-state index contributed by atoms with van der Waals surface area (Å²) >= 11 is 6.22. The summed E-state index contributed by atoms with van der Waals surface area (Å²) in [5.74, 6) is 1.17. The number of alkyl halides is 1. The van der Waals surface area contributed by atoms with Crippen molar-refractivity contribution in [2.45, 2.75) is 32.7 Å². The molecule has 0 aliphatic rings. The van der Waals surface area contributed by atoms with Gasteiger partial charge in [-0.15, -0.1) is 11.6 Å². The number of hydrogen-bond donors (Lipinski definition) is 0. The van der Waals surface area contributed by atoms with Crippen LogP contribution in [0.2, 0.25) is 0 Å². The predicted molar refractivity (Wildman–Crippen MR) is 79.0 cm³/mol. The summed E-state index contributed by atoms with van der Waals surface area (Å²) in [7, 11) is 0.